The summed E-state index contributed by atoms with van der Waals surface area (Å²) in [5, 5.41) is 0.656. The van der Waals surface area contributed by atoms with Crippen molar-refractivity contribution in [3.8, 4) is 0 Å². The molecule has 1 aromatic rings. The SMILES string of the molecule is CC1CN(C)CCCN1c1snc(N)c1S(=O)(=O)N(C)C. The average Bonchev–Trinajstić information content (AvgIpc) is 2.67. The van der Waals surface area contributed by atoms with Gasteiger partial charge in [0.25, 0.3) is 0 Å². The highest BCUT2D eigenvalue weighted by molar-refractivity contribution is 7.89. The lowest BCUT2D eigenvalue weighted by molar-refractivity contribution is 0.337. The maximum atomic E-state index is 12.5. The van der Waals surface area contributed by atoms with Gasteiger partial charge in [0.2, 0.25) is 10.0 Å². The van der Waals surface area contributed by atoms with Crippen molar-refractivity contribution in [2.75, 3.05) is 51.4 Å². The van der Waals surface area contributed by atoms with Crippen molar-refractivity contribution in [3.63, 3.8) is 0 Å². The molecule has 9 heteroatoms. The summed E-state index contributed by atoms with van der Waals surface area (Å²) in [6.07, 6.45) is 0.986. The van der Waals surface area contributed by atoms with Crippen LogP contribution in [0.2, 0.25) is 0 Å². The van der Waals surface area contributed by atoms with Gasteiger partial charge in [0.05, 0.1) is 0 Å². The third-order valence-corrected chi connectivity index (χ3v) is 6.61. The highest BCUT2D eigenvalue weighted by atomic mass is 32.2. The van der Waals surface area contributed by atoms with Gasteiger partial charge >= 0.3 is 0 Å². The Bertz CT molecular complexity index is 599. The number of hydrogen-bond donors (Lipinski definition) is 1. The first-order chi connectivity index (χ1) is 9.75. The Labute approximate surface area is 130 Å². The molecule has 7 nitrogen and oxygen atoms in total. The molecule has 2 N–H and O–H groups in total. The maximum absolute atomic E-state index is 12.5. The molecule has 0 amide bonds. The molecule has 2 heterocycles. The Kier molecular flexibility index (Phi) is 4.76. The Balaban J connectivity index is 2.46. The van der Waals surface area contributed by atoms with Crippen LogP contribution < -0.4 is 10.6 Å². The van der Waals surface area contributed by atoms with Gasteiger partial charge in [-0.1, -0.05) is 0 Å². The molecule has 1 fully saturated rings. The van der Waals surface area contributed by atoms with Crippen LogP contribution in [0, 0.1) is 0 Å². The van der Waals surface area contributed by atoms with E-state index in [1.807, 2.05) is 0 Å². The molecule has 1 aromatic heterocycles. The van der Waals surface area contributed by atoms with Crippen LogP contribution in [-0.4, -0.2) is 68.8 Å². The highest BCUT2D eigenvalue weighted by Crippen LogP contribution is 2.37. The van der Waals surface area contributed by atoms with Gasteiger partial charge in [-0.2, -0.15) is 4.37 Å². The van der Waals surface area contributed by atoms with Crippen LogP contribution in [-0.2, 0) is 10.0 Å². The van der Waals surface area contributed by atoms with E-state index < -0.39 is 10.0 Å². The zero-order valence-corrected chi connectivity index (χ0v) is 14.5. The molecule has 0 bridgehead atoms. The van der Waals surface area contributed by atoms with E-state index in [0.29, 0.717) is 5.00 Å². The number of nitrogens with zero attached hydrogens (tertiary/aromatic N) is 4. The summed E-state index contributed by atoms with van der Waals surface area (Å²) in [5.74, 6) is 0.0912. The molecule has 1 saturated heterocycles. The van der Waals surface area contributed by atoms with Gasteiger partial charge in [-0.05, 0) is 38.5 Å². The summed E-state index contributed by atoms with van der Waals surface area (Å²) in [6, 6.07) is 0.216. The Morgan fingerprint density at radius 3 is 2.67 bits per heavy atom. The fraction of sp³-hybridized carbons (Fsp3) is 0.750. The van der Waals surface area contributed by atoms with E-state index in [1.54, 1.807) is 0 Å². The fourth-order valence-electron chi connectivity index (χ4n) is 2.57. The second-order valence-corrected chi connectivity index (χ2v) is 8.49. The molecule has 2 rings (SSSR count). The zero-order chi connectivity index (χ0) is 15.8. The summed E-state index contributed by atoms with van der Waals surface area (Å²) < 4.78 is 30.3. The van der Waals surface area contributed by atoms with Gasteiger partial charge in [0.1, 0.15) is 5.00 Å². The molecule has 0 saturated carbocycles. The van der Waals surface area contributed by atoms with Gasteiger partial charge in [-0.25, -0.2) is 12.7 Å². The monoisotopic (exact) mass is 333 g/mol. The van der Waals surface area contributed by atoms with E-state index in [4.69, 9.17) is 5.73 Å². The summed E-state index contributed by atoms with van der Waals surface area (Å²) in [4.78, 5) is 4.53. The van der Waals surface area contributed by atoms with Crippen molar-refractivity contribution in [2.24, 2.45) is 0 Å². The lowest BCUT2D eigenvalue weighted by Gasteiger charge is -2.29. The number of hydrogen-bond acceptors (Lipinski definition) is 7. The molecule has 21 heavy (non-hydrogen) atoms. The number of likely N-dealkylation sites (N-methyl/N-ethyl adjacent to an activating group) is 1. The van der Waals surface area contributed by atoms with Crippen LogP contribution in [0.25, 0.3) is 0 Å². The third-order valence-electron chi connectivity index (χ3n) is 3.70. The van der Waals surface area contributed by atoms with Crippen molar-refractivity contribution < 1.29 is 8.42 Å². The number of nitrogens with two attached hydrogens (primary N) is 1. The predicted molar refractivity (Wildman–Crippen MR) is 86.3 cm³/mol. The van der Waals surface area contributed by atoms with Gasteiger partial charge in [0, 0.05) is 33.2 Å². The lowest BCUT2D eigenvalue weighted by Crippen LogP contribution is -2.38. The van der Waals surface area contributed by atoms with E-state index in [2.05, 4.69) is 28.1 Å². The van der Waals surface area contributed by atoms with Crippen LogP contribution >= 0.6 is 11.5 Å². The smallest absolute Gasteiger partial charge is 0.249 e. The maximum Gasteiger partial charge on any atom is 0.249 e. The van der Waals surface area contributed by atoms with Gasteiger partial charge < -0.3 is 15.5 Å². The Morgan fingerprint density at radius 1 is 1.38 bits per heavy atom. The van der Waals surface area contributed by atoms with E-state index in [9.17, 15) is 8.42 Å². The molecule has 1 unspecified atom stereocenters. The van der Waals surface area contributed by atoms with Crippen molar-refractivity contribution in [3.05, 3.63) is 0 Å². The normalized spacial score (nSPS) is 21.8. The fourth-order valence-corrected chi connectivity index (χ4v) is 4.90. The zero-order valence-electron chi connectivity index (χ0n) is 12.9. The second-order valence-electron chi connectivity index (χ2n) is 5.65. The second kappa shape index (κ2) is 6.07. The molecule has 0 aromatic carbocycles. The third kappa shape index (κ3) is 3.15. The molecule has 0 spiro atoms. The number of anilines is 2. The number of nitrogen functional groups attached to an aromatic ring is 1. The first-order valence-electron chi connectivity index (χ1n) is 6.88. The van der Waals surface area contributed by atoms with E-state index in [1.165, 1.54) is 29.9 Å². The predicted octanol–water partition coefficient (Wildman–Crippen LogP) is 0.506. The first kappa shape index (κ1) is 16.5. The standard InChI is InChI=1S/C12H23N5O2S2/c1-9-8-16(4)6-5-7-17(9)12-10(11(13)14-20-12)21(18,19)15(2)3/h9H,5-8H2,1-4H3,(H2,13,14). The summed E-state index contributed by atoms with van der Waals surface area (Å²) in [7, 11) is 1.51. The van der Waals surface area contributed by atoms with Crippen LogP contribution in [0.1, 0.15) is 13.3 Å². The van der Waals surface area contributed by atoms with Crippen molar-refractivity contribution >= 4 is 32.4 Å². The van der Waals surface area contributed by atoms with Crippen LogP contribution in [0.15, 0.2) is 4.90 Å². The van der Waals surface area contributed by atoms with E-state index >= 15 is 0 Å². The largest absolute Gasteiger partial charge is 0.382 e. The summed E-state index contributed by atoms with van der Waals surface area (Å²) >= 11 is 1.17. The molecular weight excluding hydrogens is 310 g/mol. The Hall–Kier alpha value is -0.900. The van der Waals surface area contributed by atoms with Crippen LogP contribution in [0.4, 0.5) is 10.8 Å². The number of rotatable bonds is 3. The van der Waals surface area contributed by atoms with Crippen molar-refractivity contribution in [1.82, 2.24) is 13.6 Å². The quantitative estimate of drug-likeness (QED) is 0.868. The number of aromatic nitrogens is 1. The van der Waals surface area contributed by atoms with Crippen LogP contribution in [0.5, 0.6) is 0 Å². The molecule has 0 aliphatic carbocycles. The van der Waals surface area contributed by atoms with Gasteiger partial charge in [0.15, 0.2) is 10.7 Å². The van der Waals surface area contributed by atoms with Gasteiger partial charge in [-0.15, -0.1) is 0 Å². The average molecular weight is 333 g/mol. The minimum Gasteiger partial charge on any atom is -0.382 e. The van der Waals surface area contributed by atoms with E-state index in [-0.39, 0.29) is 16.8 Å². The number of sulfonamides is 1. The minimum atomic E-state index is -3.59. The van der Waals surface area contributed by atoms with E-state index in [0.717, 1.165) is 26.1 Å². The molecule has 120 valence electrons. The van der Waals surface area contributed by atoms with Crippen molar-refractivity contribution in [2.45, 2.75) is 24.3 Å². The first-order valence-corrected chi connectivity index (χ1v) is 9.09. The Morgan fingerprint density at radius 2 is 2.05 bits per heavy atom. The highest BCUT2D eigenvalue weighted by Gasteiger charge is 2.32. The molecule has 1 atom stereocenters. The summed E-state index contributed by atoms with van der Waals surface area (Å²) in [5.41, 5.74) is 5.84. The van der Waals surface area contributed by atoms with Gasteiger partial charge in [-0.3, -0.25) is 0 Å². The lowest BCUT2D eigenvalue weighted by atomic mass is 10.3. The minimum absolute atomic E-state index is 0.0912. The van der Waals surface area contributed by atoms with Crippen LogP contribution in [0.3, 0.4) is 0 Å². The topological polar surface area (TPSA) is 82.8 Å². The van der Waals surface area contributed by atoms with Crippen molar-refractivity contribution in [1.29, 1.82) is 0 Å². The molecular formula is C12H23N5O2S2. The molecule has 1 aliphatic rings. The summed E-state index contributed by atoms with van der Waals surface area (Å²) in [6.45, 7) is 4.80. The molecule has 1 aliphatic heterocycles. The molecule has 0 radical (unpaired) electrons.